The molecule has 0 aromatic carbocycles. The van der Waals surface area contributed by atoms with Gasteiger partial charge in [0.2, 0.25) is 0 Å². The van der Waals surface area contributed by atoms with Crippen molar-refractivity contribution in [2.75, 3.05) is 39.3 Å². The highest BCUT2D eigenvalue weighted by atomic mass is 32.2. The van der Waals surface area contributed by atoms with Crippen LogP contribution in [-0.4, -0.2) is 68.6 Å². The third-order valence-corrected chi connectivity index (χ3v) is 8.59. The van der Waals surface area contributed by atoms with Crippen LogP contribution in [0.1, 0.15) is 52.4 Å². The minimum Gasteiger partial charge on any atom is -0.370 e. The normalized spacial score (nSPS) is 36.9. The van der Waals surface area contributed by atoms with Crippen LogP contribution in [0.5, 0.6) is 0 Å². The Balaban J connectivity index is 1.36. The van der Waals surface area contributed by atoms with Crippen molar-refractivity contribution >= 4 is 10.2 Å². The van der Waals surface area contributed by atoms with E-state index >= 15 is 0 Å². The van der Waals surface area contributed by atoms with Crippen molar-refractivity contribution in [3.8, 4) is 0 Å². The fraction of sp³-hybridized carbons (Fsp3) is 0.900. The van der Waals surface area contributed by atoms with Crippen molar-refractivity contribution in [1.29, 1.82) is 0 Å². The molecule has 4 fully saturated rings. The minimum absolute atomic E-state index is 0.0170. The topological polar surface area (TPSA) is 61.9 Å². The highest BCUT2D eigenvalue weighted by molar-refractivity contribution is 7.87. The molecule has 4 aliphatic rings. The van der Waals surface area contributed by atoms with Crippen LogP contribution in [0.25, 0.3) is 0 Å². The molecular weight excluding hydrogens is 362 g/mol. The number of nitrogens with one attached hydrogen (secondary N) is 1. The summed E-state index contributed by atoms with van der Waals surface area (Å²) < 4.78 is 36.3. The fourth-order valence-electron chi connectivity index (χ4n) is 5.66. The van der Waals surface area contributed by atoms with E-state index in [4.69, 9.17) is 4.74 Å². The predicted molar refractivity (Wildman–Crippen MR) is 107 cm³/mol. The highest BCUT2D eigenvalue weighted by Gasteiger charge is 2.62. The van der Waals surface area contributed by atoms with E-state index in [9.17, 15) is 8.42 Å². The molecule has 6 nitrogen and oxygen atoms in total. The summed E-state index contributed by atoms with van der Waals surface area (Å²) >= 11 is 0. The summed E-state index contributed by atoms with van der Waals surface area (Å²) in [6, 6.07) is 0. The molecule has 4 aliphatic heterocycles. The summed E-state index contributed by atoms with van der Waals surface area (Å²) in [7, 11) is -3.35. The summed E-state index contributed by atoms with van der Waals surface area (Å²) in [5, 5.41) is 0. The van der Waals surface area contributed by atoms with Gasteiger partial charge in [0, 0.05) is 51.1 Å². The quantitative estimate of drug-likeness (QED) is 0.669. The molecule has 0 unspecified atom stereocenters. The number of ether oxygens (including phenoxy) is 1. The number of allylic oxidation sites excluding steroid dienone is 1. The van der Waals surface area contributed by atoms with Gasteiger partial charge in [-0.3, -0.25) is 4.90 Å². The Bertz CT molecular complexity index is 670. The van der Waals surface area contributed by atoms with Crippen LogP contribution in [-0.2, 0) is 14.9 Å². The Morgan fingerprint density at radius 2 is 2.04 bits per heavy atom. The molecule has 0 saturated carbocycles. The van der Waals surface area contributed by atoms with E-state index in [1.165, 1.54) is 5.57 Å². The van der Waals surface area contributed by atoms with Gasteiger partial charge in [0.05, 0.1) is 11.7 Å². The molecule has 2 bridgehead atoms. The maximum Gasteiger partial charge on any atom is 0.279 e. The van der Waals surface area contributed by atoms with Gasteiger partial charge in [0.25, 0.3) is 10.2 Å². The van der Waals surface area contributed by atoms with Gasteiger partial charge >= 0.3 is 0 Å². The number of rotatable bonds is 7. The third-order valence-electron chi connectivity index (χ3n) is 7.01. The van der Waals surface area contributed by atoms with Crippen molar-refractivity contribution < 1.29 is 13.2 Å². The fourth-order valence-corrected chi connectivity index (χ4v) is 6.99. The lowest BCUT2D eigenvalue weighted by atomic mass is 9.74. The molecule has 4 saturated heterocycles. The summed E-state index contributed by atoms with van der Waals surface area (Å²) in [5.74, 6) is 0.777. The molecule has 0 aromatic heterocycles. The predicted octanol–water partition coefficient (Wildman–Crippen LogP) is 2.14. The van der Waals surface area contributed by atoms with Gasteiger partial charge in [-0.2, -0.15) is 12.7 Å². The van der Waals surface area contributed by atoms with Crippen molar-refractivity contribution in [1.82, 2.24) is 13.9 Å². The number of hydrogen-bond donors (Lipinski definition) is 1. The zero-order valence-corrected chi connectivity index (χ0v) is 17.6. The maximum atomic E-state index is 12.7. The molecule has 4 rings (SSSR count). The smallest absolute Gasteiger partial charge is 0.279 e. The second-order valence-electron chi connectivity index (χ2n) is 9.15. The van der Waals surface area contributed by atoms with Crippen molar-refractivity contribution in [3.05, 3.63) is 11.6 Å². The van der Waals surface area contributed by atoms with Crippen LogP contribution in [0.3, 0.4) is 0 Å². The van der Waals surface area contributed by atoms with Crippen molar-refractivity contribution in [2.24, 2.45) is 11.8 Å². The standard InChI is InChI=1S/C20H35N3O3S/c1-16(2)7-6-10-22-14-18-17(19-8-9-20(18,15-22)26-19)13-21-27(24,25)23-11-4-3-5-12-23/h7,17-19,21H,3-6,8-15H2,1-2H3/t17-,18+,19+,20+/m0/s1. The van der Waals surface area contributed by atoms with Crippen molar-refractivity contribution in [2.45, 2.75) is 64.1 Å². The molecule has 0 radical (unpaired) electrons. The summed E-state index contributed by atoms with van der Waals surface area (Å²) in [5.41, 5.74) is 1.35. The Kier molecular flexibility index (Phi) is 5.69. The lowest BCUT2D eigenvalue weighted by Gasteiger charge is -2.31. The van der Waals surface area contributed by atoms with Gasteiger partial charge in [-0.05, 0) is 46.0 Å². The molecule has 27 heavy (non-hydrogen) atoms. The van der Waals surface area contributed by atoms with Crippen LogP contribution in [0.2, 0.25) is 0 Å². The lowest BCUT2D eigenvalue weighted by molar-refractivity contribution is 0.00297. The zero-order chi connectivity index (χ0) is 19.1. The average molecular weight is 398 g/mol. The van der Waals surface area contributed by atoms with E-state index in [1.54, 1.807) is 4.31 Å². The third kappa shape index (κ3) is 3.99. The number of nitrogens with zero attached hydrogens (tertiary/aromatic N) is 2. The van der Waals surface area contributed by atoms with Crippen LogP contribution in [0.4, 0.5) is 0 Å². The first-order valence-electron chi connectivity index (χ1n) is 10.7. The molecule has 4 atom stereocenters. The first kappa shape index (κ1) is 19.8. The maximum absolute atomic E-state index is 12.7. The second-order valence-corrected chi connectivity index (χ2v) is 10.9. The molecule has 1 spiro atoms. The van der Waals surface area contributed by atoms with Gasteiger partial charge in [0.1, 0.15) is 0 Å². The molecule has 0 amide bonds. The summed E-state index contributed by atoms with van der Waals surface area (Å²) in [4.78, 5) is 2.53. The molecule has 0 aromatic rings. The van der Waals surface area contributed by atoms with Crippen LogP contribution < -0.4 is 4.72 Å². The van der Waals surface area contributed by atoms with E-state index in [0.717, 1.165) is 58.2 Å². The Morgan fingerprint density at radius 3 is 2.78 bits per heavy atom. The van der Waals surface area contributed by atoms with E-state index < -0.39 is 10.2 Å². The second kappa shape index (κ2) is 7.75. The highest BCUT2D eigenvalue weighted by Crippen LogP contribution is 2.54. The summed E-state index contributed by atoms with van der Waals surface area (Å²) in [6.07, 6.45) is 8.92. The number of piperidine rings is 1. The van der Waals surface area contributed by atoms with Gasteiger partial charge < -0.3 is 4.74 Å². The number of fused-ring (bicyclic) bond motifs is 1. The number of hydrogen-bond acceptors (Lipinski definition) is 4. The van der Waals surface area contributed by atoms with Crippen LogP contribution in [0.15, 0.2) is 11.6 Å². The minimum atomic E-state index is -3.35. The van der Waals surface area contributed by atoms with Crippen molar-refractivity contribution in [3.63, 3.8) is 0 Å². The SMILES string of the molecule is CC(C)=CCCN1C[C@@H]2[C@H](CNS(=O)(=O)N3CCCCC3)[C@H]3CC[C@]2(C1)O3. The Hall–Kier alpha value is -0.470. The molecule has 4 heterocycles. The molecule has 0 aliphatic carbocycles. The van der Waals surface area contributed by atoms with Gasteiger partial charge in [-0.15, -0.1) is 0 Å². The van der Waals surface area contributed by atoms with E-state index in [0.29, 0.717) is 31.5 Å². The molecule has 7 heteroatoms. The summed E-state index contributed by atoms with van der Waals surface area (Å²) in [6.45, 7) is 9.26. The van der Waals surface area contributed by atoms with E-state index in [-0.39, 0.29) is 11.7 Å². The largest absolute Gasteiger partial charge is 0.370 e. The van der Waals surface area contributed by atoms with E-state index in [2.05, 4.69) is 29.5 Å². The molecular formula is C20H35N3O3S. The van der Waals surface area contributed by atoms with Crippen LogP contribution in [0, 0.1) is 11.8 Å². The first-order valence-corrected chi connectivity index (χ1v) is 12.1. The first-order chi connectivity index (χ1) is 12.9. The van der Waals surface area contributed by atoms with Crippen LogP contribution >= 0.6 is 0 Å². The monoisotopic (exact) mass is 397 g/mol. The average Bonchev–Trinajstić information content (AvgIpc) is 3.28. The zero-order valence-electron chi connectivity index (χ0n) is 16.8. The van der Waals surface area contributed by atoms with Gasteiger partial charge in [-0.1, -0.05) is 18.1 Å². The lowest BCUT2D eigenvalue weighted by Crippen LogP contribution is -2.47. The molecule has 154 valence electrons. The Morgan fingerprint density at radius 1 is 1.26 bits per heavy atom. The Labute approximate surface area is 164 Å². The van der Waals surface area contributed by atoms with Gasteiger partial charge in [0.15, 0.2) is 0 Å². The van der Waals surface area contributed by atoms with E-state index in [1.807, 2.05) is 0 Å². The molecule has 1 N–H and O–H groups in total. The number of likely N-dealkylation sites (tertiary alicyclic amines) is 1. The van der Waals surface area contributed by atoms with Gasteiger partial charge in [-0.25, -0.2) is 4.72 Å².